The van der Waals surface area contributed by atoms with E-state index in [9.17, 15) is 18.0 Å². The van der Waals surface area contributed by atoms with Gasteiger partial charge in [-0.05, 0) is 0 Å². The Morgan fingerprint density at radius 2 is 2.17 bits per heavy atom. The van der Waals surface area contributed by atoms with Crippen molar-refractivity contribution in [2.75, 3.05) is 7.11 Å². The van der Waals surface area contributed by atoms with Gasteiger partial charge in [-0.3, -0.25) is 0 Å². The maximum Gasteiger partial charge on any atom is 0.573 e. The Balaban J connectivity index is 3.39. The second-order valence-corrected chi connectivity index (χ2v) is 3.26. The molecule has 1 aromatic heterocycles. The summed E-state index contributed by atoms with van der Waals surface area (Å²) in [5, 5.41) is 8.79. The first-order valence-electron chi connectivity index (χ1n) is 4.41. The monoisotopic (exact) mass is 285 g/mol. The lowest BCUT2D eigenvalue weighted by atomic mass is 10.2. The molecule has 0 aliphatic carbocycles. The minimum Gasteiger partial charge on any atom is -0.481 e. The molecule has 0 aliphatic heterocycles. The molecule has 0 saturated heterocycles. The number of alkyl halides is 4. The van der Waals surface area contributed by atoms with E-state index in [-0.39, 0.29) is 17.3 Å². The van der Waals surface area contributed by atoms with Gasteiger partial charge in [0.25, 0.3) is 0 Å². The lowest BCUT2D eigenvalue weighted by Gasteiger charge is -2.14. The van der Waals surface area contributed by atoms with Crippen molar-refractivity contribution < 1.29 is 32.5 Å². The quantitative estimate of drug-likeness (QED) is 0.861. The van der Waals surface area contributed by atoms with Crippen molar-refractivity contribution >= 4 is 17.6 Å². The molecule has 0 fully saturated rings. The minimum atomic E-state index is -5.04. The van der Waals surface area contributed by atoms with Crippen LogP contribution in [-0.4, -0.2) is 29.5 Å². The number of nitrogens with zero attached hydrogens (tertiary/aromatic N) is 1. The van der Waals surface area contributed by atoms with Crippen LogP contribution >= 0.6 is 11.6 Å². The van der Waals surface area contributed by atoms with E-state index in [1.807, 2.05) is 0 Å². The van der Waals surface area contributed by atoms with Crippen LogP contribution in [0.2, 0.25) is 0 Å². The highest BCUT2D eigenvalue weighted by Gasteiger charge is 2.35. The summed E-state index contributed by atoms with van der Waals surface area (Å²) in [5.41, 5.74) is -1.10. The fraction of sp³-hybridized carbons (Fsp3) is 0.333. The number of pyridine rings is 1. The SMILES string of the molecule is COc1cc(CCl)c(OC(F)(F)F)c(C(=O)O)n1. The van der Waals surface area contributed by atoms with Gasteiger partial charge in [-0.1, -0.05) is 0 Å². The summed E-state index contributed by atoms with van der Waals surface area (Å²) < 4.78 is 44.8. The Morgan fingerprint density at radius 1 is 1.56 bits per heavy atom. The number of hydrogen-bond acceptors (Lipinski definition) is 4. The normalized spacial score (nSPS) is 11.2. The number of hydrogen-bond donors (Lipinski definition) is 1. The van der Waals surface area contributed by atoms with E-state index in [0.717, 1.165) is 6.07 Å². The van der Waals surface area contributed by atoms with Gasteiger partial charge in [0, 0.05) is 11.6 Å². The number of rotatable bonds is 4. The number of aromatic carboxylic acids is 1. The van der Waals surface area contributed by atoms with Crippen molar-refractivity contribution in [1.82, 2.24) is 4.98 Å². The van der Waals surface area contributed by atoms with Gasteiger partial charge in [0.05, 0.1) is 13.0 Å². The van der Waals surface area contributed by atoms with Gasteiger partial charge in [0.15, 0.2) is 11.4 Å². The molecule has 0 aromatic carbocycles. The first kappa shape index (κ1) is 14.4. The molecule has 0 aliphatic rings. The van der Waals surface area contributed by atoms with Crippen LogP contribution in [0.15, 0.2) is 6.07 Å². The first-order chi connectivity index (χ1) is 8.28. The molecule has 1 aromatic rings. The smallest absolute Gasteiger partial charge is 0.481 e. The van der Waals surface area contributed by atoms with Crippen LogP contribution in [0.5, 0.6) is 11.6 Å². The summed E-state index contributed by atoms with van der Waals surface area (Å²) >= 11 is 5.44. The molecule has 1 N–H and O–H groups in total. The first-order valence-corrected chi connectivity index (χ1v) is 4.95. The zero-order chi connectivity index (χ0) is 13.9. The molecule has 1 rings (SSSR count). The average Bonchev–Trinajstić information content (AvgIpc) is 2.26. The van der Waals surface area contributed by atoms with Crippen LogP contribution in [0.1, 0.15) is 16.1 Å². The molecule has 0 bridgehead atoms. The molecule has 0 atom stereocenters. The molecule has 0 amide bonds. The standard InChI is InChI=1S/C9H7ClF3NO4/c1-17-5-2-4(3-10)7(18-9(11,12)13)6(14-5)8(15)16/h2H,3H2,1H3,(H,15,16). The van der Waals surface area contributed by atoms with Gasteiger partial charge in [-0.25, -0.2) is 9.78 Å². The molecule has 9 heteroatoms. The van der Waals surface area contributed by atoms with Crippen LogP contribution in [0.4, 0.5) is 13.2 Å². The molecular weight excluding hydrogens is 279 g/mol. The highest BCUT2D eigenvalue weighted by Crippen LogP contribution is 2.32. The largest absolute Gasteiger partial charge is 0.573 e. The topological polar surface area (TPSA) is 68.7 Å². The number of carboxylic acids is 1. The lowest BCUT2D eigenvalue weighted by Crippen LogP contribution is -2.21. The minimum absolute atomic E-state index is 0.169. The van der Waals surface area contributed by atoms with Crippen LogP contribution in [0.3, 0.4) is 0 Å². The molecule has 0 saturated carbocycles. The van der Waals surface area contributed by atoms with E-state index >= 15 is 0 Å². The third-order valence-electron chi connectivity index (χ3n) is 1.80. The van der Waals surface area contributed by atoms with Gasteiger partial charge < -0.3 is 14.6 Å². The number of methoxy groups -OCH3 is 1. The predicted molar refractivity (Wildman–Crippen MR) is 54.0 cm³/mol. The molecule has 1 heterocycles. The third kappa shape index (κ3) is 3.39. The van der Waals surface area contributed by atoms with Crippen molar-refractivity contribution in [3.05, 3.63) is 17.3 Å². The Hall–Kier alpha value is -1.70. The number of carbonyl (C=O) groups is 1. The van der Waals surface area contributed by atoms with E-state index in [1.54, 1.807) is 0 Å². The fourth-order valence-corrected chi connectivity index (χ4v) is 1.34. The Morgan fingerprint density at radius 3 is 2.56 bits per heavy atom. The van der Waals surface area contributed by atoms with Crippen molar-refractivity contribution in [3.63, 3.8) is 0 Å². The van der Waals surface area contributed by atoms with E-state index in [1.165, 1.54) is 7.11 Å². The third-order valence-corrected chi connectivity index (χ3v) is 2.09. The van der Waals surface area contributed by atoms with Gasteiger partial charge in [0.2, 0.25) is 5.88 Å². The number of aromatic nitrogens is 1. The highest BCUT2D eigenvalue weighted by molar-refractivity contribution is 6.17. The van der Waals surface area contributed by atoms with Crippen LogP contribution in [0.25, 0.3) is 0 Å². The Bertz CT molecular complexity index is 464. The van der Waals surface area contributed by atoms with E-state index < -0.39 is 23.8 Å². The fourth-order valence-electron chi connectivity index (χ4n) is 1.14. The van der Waals surface area contributed by atoms with Crippen LogP contribution in [0, 0.1) is 0 Å². The predicted octanol–water partition coefficient (Wildman–Crippen LogP) is 2.43. The van der Waals surface area contributed by atoms with Gasteiger partial charge >= 0.3 is 12.3 Å². The molecule has 5 nitrogen and oxygen atoms in total. The van der Waals surface area contributed by atoms with Crippen molar-refractivity contribution in [3.8, 4) is 11.6 Å². The van der Waals surface area contributed by atoms with Crippen LogP contribution < -0.4 is 9.47 Å². The second kappa shape index (κ2) is 5.30. The molecule has 0 spiro atoms. The van der Waals surface area contributed by atoms with Gasteiger partial charge in [-0.15, -0.1) is 24.8 Å². The van der Waals surface area contributed by atoms with Crippen molar-refractivity contribution in [1.29, 1.82) is 0 Å². The zero-order valence-electron chi connectivity index (χ0n) is 8.92. The number of carboxylic acid groups (broad SMARTS) is 1. The highest BCUT2D eigenvalue weighted by atomic mass is 35.5. The average molecular weight is 286 g/mol. The summed E-state index contributed by atoms with van der Waals surface area (Å²) in [6, 6.07) is 1.07. The summed E-state index contributed by atoms with van der Waals surface area (Å²) in [6.45, 7) is 0. The summed E-state index contributed by atoms with van der Waals surface area (Å²) in [4.78, 5) is 14.2. The summed E-state index contributed by atoms with van der Waals surface area (Å²) in [6.07, 6.45) is -5.04. The van der Waals surface area contributed by atoms with E-state index in [0.29, 0.717) is 0 Å². The second-order valence-electron chi connectivity index (χ2n) is 2.99. The number of halogens is 4. The maximum absolute atomic E-state index is 12.2. The van der Waals surface area contributed by atoms with Gasteiger partial charge in [-0.2, -0.15) is 0 Å². The summed E-state index contributed by atoms with van der Waals surface area (Å²) in [7, 11) is 1.19. The van der Waals surface area contributed by atoms with Gasteiger partial charge in [0.1, 0.15) is 0 Å². The molecule has 0 unspecified atom stereocenters. The number of ether oxygens (including phenoxy) is 2. The Kier molecular flexibility index (Phi) is 4.23. The summed E-state index contributed by atoms with van der Waals surface area (Å²) in [5.74, 6) is -3.17. The van der Waals surface area contributed by atoms with E-state index in [4.69, 9.17) is 16.7 Å². The Labute approximate surface area is 104 Å². The molecular formula is C9H7ClF3NO4. The van der Waals surface area contributed by atoms with Crippen molar-refractivity contribution in [2.45, 2.75) is 12.2 Å². The lowest BCUT2D eigenvalue weighted by molar-refractivity contribution is -0.275. The molecule has 18 heavy (non-hydrogen) atoms. The molecule has 100 valence electrons. The van der Waals surface area contributed by atoms with E-state index in [2.05, 4.69) is 14.5 Å². The zero-order valence-corrected chi connectivity index (χ0v) is 9.67. The maximum atomic E-state index is 12.2. The molecule has 0 radical (unpaired) electrons. The van der Waals surface area contributed by atoms with Crippen LogP contribution in [-0.2, 0) is 5.88 Å². The van der Waals surface area contributed by atoms with Crippen molar-refractivity contribution in [2.24, 2.45) is 0 Å².